The van der Waals surface area contributed by atoms with Crippen LogP contribution in [0.1, 0.15) is 71.1 Å². The Morgan fingerprint density at radius 1 is 1.00 bits per heavy atom. The van der Waals surface area contributed by atoms with Gasteiger partial charge in [-0.2, -0.15) is 13.2 Å². The number of nitrogens with two attached hydrogens (primary N) is 1. The fraction of sp³-hybridized carbons (Fsp3) is 0.938. The summed E-state index contributed by atoms with van der Waals surface area (Å²) >= 11 is 0. The predicted octanol–water partition coefficient (Wildman–Crippen LogP) is 4.59. The molecule has 0 aromatic rings. The summed E-state index contributed by atoms with van der Waals surface area (Å²) in [6, 6.07) is -2.14. The van der Waals surface area contributed by atoms with Gasteiger partial charge in [0.05, 0.1) is 13.0 Å². The number of esters is 1. The Kier molecular flexibility index (Phi) is 11.3. The molecule has 0 heterocycles. The van der Waals surface area contributed by atoms with Crippen molar-refractivity contribution >= 4 is 5.97 Å². The van der Waals surface area contributed by atoms with Gasteiger partial charge >= 0.3 is 12.1 Å². The second kappa shape index (κ2) is 11.7. The average molecular weight is 325 g/mol. The SMILES string of the molecule is CCCCCCCCCCC[C@H](C(=O)OC)[C@H](N)C(F)(F)F. The summed E-state index contributed by atoms with van der Waals surface area (Å²) in [6.07, 6.45) is 5.15. The second-order valence-electron chi connectivity index (χ2n) is 5.81. The van der Waals surface area contributed by atoms with E-state index in [-0.39, 0.29) is 6.42 Å². The summed E-state index contributed by atoms with van der Waals surface area (Å²) in [4.78, 5) is 11.5. The fourth-order valence-corrected chi connectivity index (χ4v) is 2.50. The Morgan fingerprint density at radius 3 is 1.86 bits per heavy atom. The standard InChI is InChI=1S/C16H30F3NO2/c1-3-4-5-6-7-8-9-10-11-12-13(15(21)22-2)14(20)16(17,18)19/h13-14H,3-12,20H2,1-2H3/t13-,14-/m0/s1. The zero-order chi connectivity index (χ0) is 17.0. The molecule has 0 bridgehead atoms. The zero-order valence-corrected chi connectivity index (χ0v) is 13.8. The lowest BCUT2D eigenvalue weighted by Gasteiger charge is -2.23. The lowest BCUT2D eigenvalue weighted by molar-refractivity contribution is -0.175. The summed E-state index contributed by atoms with van der Waals surface area (Å²) in [5, 5.41) is 0. The zero-order valence-electron chi connectivity index (χ0n) is 13.8. The van der Waals surface area contributed by atoms with Crippen molar-refractivity contribution in [3.05, 3.63) is 0 Å². The Labute approximate surface area is 131 Å². The van der Waals surface area contributed by atoms with E-state index in [1.54, 1.807) is 0 Å². The van der Waals surface area contributed by atoms with Gasteiger partial charge in [0, 0.05) is 0 Å². The first-order valence-electron chi connectivity index (χ1n) is 8.24. The van der Waals surface area contributed by atoms with Crippen molar-refractivity contribution in [3.63, 3.8) is 0 Å². The molecule has 0 fully saturated rings. The highest BCUT2D eigenvalue weighted by Crippen LogP contribution is 2.28. The molecule has 0 rings (SSSR count). The van der Waals surface area contributed by atoms with Crippen LogP contribution in [-0.4, -0.2) is 25.3 Å². The van der Waals surface area contributed by atoms with E-state index in [2.05, 4.69) is 11.7 Å². The van der Waals surface area contributed by atoms with Crippen LogP contribution in [-0.2, 0) is 9.53 Å². The topological polar surface area (TPSA) is 52.3 Å². The van der Waals surface area contributed by atoms with E-state index in [0.29, 0.717) is 6.42 Å². The molecule has 2 atom stereocenters. The quantitative estimate of drug-likeness (QED) is 0.422. The van der Waals surface area contributed by atoms with Gasteiger partial charge in [0.25, 0.3) is 0 Å². The second-order valence-corrected chi connectivity index (χ2v) is 5.81. The van der Waals surface area contributed by atoms with Gasteiger partial charge in [-0.05, 0) is 6.42 Å². The molecule has 3 nitrogen and oxygen atoms in total. The molecular formula is C16H30F3NO2. The van der Waals surface area contributed by atoms with Gasteiger partial charge in [0.1, 0.15) is 6.04 Å². The molecule has 0 unspecified atom stereocenters. The molecule has 2 N–H and O–H groups in total. The van der Waals surface area contributed by atoms with Gasteiger partial charge < -0.3 is 10.5 Å². The summed E-state index contributed by atoms with van der Waals surface area (Å²) < 4.78 is 42.4. The van der Waals surface area contributed by atoms with Crippen LogP contribution in [0, 0.1) is 5.92 Å². The number of ether oxygens (including phenoxy) is 1. The van der Waals surface area contributed by atoms with Gasteiger partial charge in [0.2, 0.25) is 0 Å². The first-order chi connectivity index (χ1) is 10.3. The summed E-state index contributed by atoms with van der Waals surface area (Å²) in [5.41, 5.74) is 5.15. The smallest absolute Gasteiger partial charge is 0.404 e. The molecule has 0 aliphatic rings. The van der Waals surface area contributed by atoms with Crippen LogP contribution in [0.4, 0.5) is 13.2 Å². The van der Waals surface area contributed by atoms with Crippen molar-refractivity contribution in [2.24, 2.45) is 11.7 Å². The fourth-order valence-electron chi connectivity index (χ4n) is 2.50. The lowest BCUT2D eigenvalue weighted by Crippen LogP contribution is -2.47. The van der Waals surface area contributed by atoms with Crippen molar-refractivity contribution in [2.45, 2.75) is 83.4 Å². The third kappa shape index (κ3) is 9.28. The van der Waals surface area contributed by atoms with Crippen molar-refractivity contribution in [1.82, 2.24) is 0 Å². The van der Waals surface area contributed by atoms with E-state index in [9.17, 15) is 18.0 Å². The Balaban J connectivity index is 3.93. The van der Waals surface area contributed by atoms with Crippen LogP contribution < -0.4 is 5.73 Å². The van der Waals surface area contributed by atoms with Crippen molar-refractivity contribution in [1.29, 1.82) is 0 Å². The molecule has 0 aromatic heterocycles. The number of methoxy groups -OCH3 is 1. The molecule has 0 spiro atoms. The number of carbonyl (C=O) groups excluding carboxylic acids is 1. The molecule has 22 heavy (non-hydrogen) atoms. The minimum absolute atomic E-state index is 0.128. The van der Waals surface area contributed by atoms with E-state index in [4.69, 9.17) is 5.73 Å². The Hall–Kier alpha value is -0.780. The number of hydrogen-bond donors (Lipinski definition) is 1. The normalized spacial score (nSPS) is 14.6. The van der Waals surface area contributed by atoms with E-state index < -0.39 is 24.1 Å². The average Bonchev–Trinajstić information content (AvgIpc) is 2.47. The number of carbonyl (C=O) groups is 1. The minimum Gasteiger partial charge on any atom is -0.469 e. The Bertz CT molecular complexity index is 296. The molecule has 0 aromatic carbocycles. The van der Waals surface area contributed by atoms with E-state index in [0.717, 1.165) is 26.4 Å². The first-order valence-corrected chi connectivity index (χ1v) is 8.24. The van der Waals surface area contributed by atoms with Crippen LogP contribution >= 0.6 is 0 Å². The van der Waals surface area contributed by atoms with Gasteiger partial charge in [0.15, 0.2) is 0 Å². The van der Waals surface area contributed by atoms with Crippen LogP contribution in [0.25, 0.3) is 0 Å². The lowest BCUT2D eigenvalue weighted by atomic mass is 9.93. The van der Waals surface area contributed by atoms with E-state index >= 15 is 0 Å². The third-order valence-corrected chi connectivity index (χ3v) is 3.93. The van der Waals surface area contributed by atoms with Gasteiger partial charge in [-0.15, -0.1) is 0 Å². The van der Waals surface area contributed by atoms with Crippen molar-refractivity contribution < 1.29 is 22.7 Å². The molecule has 0 saturated carbocycles. The molecule has 132 valence electrons. The molecule has 0 aliphatic carbocycles. The molecule has 0 radical (unpaired) electrons. The largest absolute Gasteiger partial charge is 0.469 e. The first kappa shape index (κ1) is 21.2. The van der Waals surface area contributed by atoms with Crippen LogP contribution in [0.3, 0.4) is 0 Å². The number of hydrogen-bond acceptors (Lipinski definition) is 3. The summed E-state index contributed by atoms with van der Waals surface area (Å²) in [7, 11) is 1.09. The molecule has 0 saturated heterocycles. The number of rotatable bonds is 12. The van der Waals surface area contributed by atoms with Crippen LogP contribution in [0.5, 0.6) is 0 Å². The maximum absolute atomic E-state index is 12.6. The summed E-state index contributed by atoms with van der Waals surface area (Å²) in [6.45, 7) is 2.17. The molecule has 0 aliphatic heterocycles. The predicted molar refractivity (Wildman–Crippen MR) is 81.4 cm³/mol. The van der Waals surface area contributed by atoms with Crippen LogP contribution in [0.15, 0.2) is 0 Å². The Morgan fingerprint density at radius 2 is 1.45 bits per heavy atom. The number of unbranched alkanes of at least 4 members (excludes halogenated alkanes) is 8. The van der Waals surface area contributed by atoms with Gasteiger partial charge in [-0.3, -0.25) is 4.79 Å². The summed E-state index contributed by atoms with van der Waals surface area (Å²) in [5.74, 6) is -2.17. The van der Waals surface area contributed by atoms with Crippen molar-refractivity contribution in [3.8, 4) is 0 Å². The minimum atomic E-state index is -4.57. The van der Waals surface area contributed by atoms with E-state index in [1.165, 1.54) is 32.1 Å². The highest BCUT2D eigenvalue weighted by molar-refractivity contribution is 5.73. The number of alkyl halides is 3. The van der Waals surface area contributed by atoms with E-state index in [1.807, 2.05) is 0 Å². The van der Waals surface area contributed by atoms with Crippen LogP contribution in [0.2, 0.25) is 0 Å². The highest BCUT2D eigenvalue weighted by Gasteiger charge is 2.45. The van der Waals surface area contributed by atoms with Gasteiger partial charge in [-0.1, -0.05) is 64.7 Å². The maximum atomic E-state index is 12.6. The van der Waals surface area contributed by atoms with Crippen molar-refractivity contribution in [2.75, 3.05) is 7.11 Å². The highest BCUT2D eigenvalue weighted by atomic mass is 19.4. The monoisotopic (exact) mass is 325 g/mol. The number of halogens is 3. The molecule has 6 heteroatoms. The molecular weight excluding hydrogens is 295 g/mol. The third-order valence-electron chi connectivity index (χ3n) is 3.93. The molecule has 0 amide bonds. The maximum Gasteiger partial charge on any atom is 0.404 e. The van der Waals surface area contributed by atoms with Gasteiger partial charge in [-0.25, -0.2) is 0 Å².